The number of thiocarbonyl (C=S) groups is 1. The maximum absolute atomic E-state index is 6.14. The molecule has 0 aliphatic heterocycles. The average Bonchev–Trinajstić information content (AvgIpc) is 3.33. The quantitative estimate of drug-likeness (QED) is 0.189. The van der Waals surface area contributed by atoms with Crippen molar-refractivity contribution in [3.8, 4) is 5.75 Å². The minimum absolute atomic E-state index is 0.178. The van der Waals surface area contributed by atoms with E-state index in [4.69, 9.17) is 28.6 Å². The zero-order valence-electron chi connectivity index (χ0n) is 19.9. The smallest absolute Gasteiger partial charge is 0.229 e. The summed E-state index contributed by atoms with van der Waals surface area (Å²) >= 11 is 11.6. The Morgan fingerprint density at radius 2 is 1.78 bits per heavy atom. The van der Waals surface area contributed by atoms with Crippen molar-refractivity contribution in [2.24, 2.45) is 4.99 Å². The van der Waals surface area contributed by atoms with Gasteiger partial charge in [-0.15, -0.1) is 0 Å². The van der Waals surface area contributed by atoms with Crippen LogP contribution in [0.25, 0.3) is 0 Å². The fraction of sp³-hybridized carbons (Fsp3) is 0.167. The Bertz CT molecular complexity index is 1350. The fourth-order valence-corrected chi connectivity index (χ4v) is 3.70. The molecule has 0 spiro atoms. The van der Waals surface area contributed by atoms with Gasteiger partial charge in [0.2, 0.25) is 17.0 Å². The SMILES string of the molecule is COc1ccc(Cl)cc1NC(=S)/N=C(\Nc1ccc(Cn2cncn2)cc1)Nc1nc(C)cc(C)n1. The first-order valence-corrected chi connectivity index (χ1v) is 11.7. The summed E-state index contributed by atoms with van der Waals surface area (Å²) in [5.41, 5.74) is 4.10. The van der Waals surface area contributed by atoms with Crippen LogP contribution in [0.2, 0.25) is 5.02 Å². The zero-order valence-corrected chi connectivity index (χ0v) is 21.4. The highest BCUT2D eigenvalue weighted by Gasteiger charge is 2.10. The van der Waals surface area contributed by atoms with Gasteiger partial charge in [0, 0.05) is 22.1 Å². The van der Waals surface area contributed by atoms with Gasteiger partial charge in [-0.05, 0) is 68.0 Å². The van der Waals surface area contributed by atoms with Crippen LogP contribution in [0.5, 0.6) is 5.75 Å². The number of aromatic nitrogens is 5. The van der Waals surface area contributed by atoms with Gasteiger partial charge < -0.3 is 15.4 Å². The van der Waals surface area contributed by atoms with Crippen molar-refractivity contribution in [3.63, 3.8) is 0 Å². The summed E-state index contributed by atoms with van der Waals surface area (Å²) < 4.78 is 7.13. The Kier molecular flexibility index (Phi) is 8.03. The average molecular weight is 522 g/mol. The lowest BCUT2D eigenvalue weighted by Crippen LogP contribution is -2.26. The van der Waals surface area contributed by atoms with Crippen molar-refractivity contribution >= 4 is 52.2 Å². The molecule has 0 aliphatic carbocycles. The summed E-state index contributed by atoms with van der Waals surface area (Å²) in [7, 11) is 1.57. The molecule has 0 atom stereocenters. The zero-order chi connectivity index (χ0) is 25.5. The number of hydrogen-bond acceptors (Lipinski definition) is 6. The summed E-state index contributed by atoms with van der Waals surface area (Å²) in [6.07, 6.45) is 3.18. The molecule has 0 radical (unpaired) electrons. The number of ether oxygens (including phenoxy) is 1. The van der Waals surface area contributed by atoms with E-state index in [0.29, 0.717) is 34.9 Å². The van der Waals surface area contributed by atoms with Crippen LogP contribution in [-0.2, 0) is 6.54 Å². The Balaban J connectivity index is 1.56. The lowest BCUT2D eigenvalue weighted by Gasteiger charge is -2.14. The second kappa shape index (κ2) is 11.6. The van der Waals surface area contributed by atoms with Gasteiger partial charge in [-0.1, -0.05) is 23.7 Å². The second-order valence-corrected chi connectivity index (χ2v) is 8.57. The molecule has 12 heteroatoms. The molecule has 0 unspecified atom stereocenters. The van der Waals surface area contributed by atoms with Crippen molar-refractivity contribution < 1.29 is 4.74 Å². The number of benzene rings is 2. The molecule has 0 saturated carbocycles. The number of nitrogens with one attached hydrogen (secondary N) is 3. The van der Waals surface area contributed by atoms with Crippen LogP contribution >= 0.6 is 23.8 Å². The standard InChI is InChI=1S/C24H24ClN9OS/c1-15-10-16(2)29-22(28-15)32-23(33-24(36)31-20-11-18(25)6-9-21(20)35-3)30-19-7-4-17(5-8-19)12-34-14-26-13-27-34/h4-11,13-14H,12H2,1-3H3,(H3,28,29,30,31,32,33,36). The van der Waals surface area contributed by atoms with E-state index >= 15 is 0 Å². The molecule has 0 fully saturated rings. The monoisotopic (exact) mass is 521 g/mol. The van der Waals surface area contributed by atoms with E-state index in [-0.39, 0.29) is 5.11 Å². The van der Waals surface area contributed by atoms with E-state index in [2.05, 4.69) is 41.0 Å². The van der Waals surface area contributed by atoms with Gasteiger partial charge in [0.05, 0.1) is 19.3 Å². The molecule has 4 rings (SSSR count). The Morgan fingerprint density at radius 1 is 1.03 bits per heavy atom. The summed E-state index contributed by atoms with van der Waals surface area (Å²) in [6.45, 7) is 4.41. The maximum atomic E-state index is 6.14. The lowest BCUT2D eigenvalue weighted by molar-refractivity contribution is 0.417. The van der Waals surface area contributed by atoms with E-state index < -0.39 is 0 Å². The number of rotatable bonds is 6. The summed E-state index contributed by atoms with van der Waals surface area (Å²) in [4.78, 5) is 17.4. The van der Waals surface area contributed by atoms with Crippen LogP contribution < -0.4 is 20.7 Å². The third kappa shape index (κ3) is 6.96. The van der Waals surface area contributed by atoms with Crippen molar-refractivity contribution in [3.05, 3.63) is 83.2 Å². The van der Waals surface area contributed by atoms with E-state index in [9.17, 15) is 0 Å². The van der Waals surface area contributed by atoms with Crippen molar-refractivity contribution in [1.29, 1.82) is 0 Å². The normalized spacial score (nSPS) is 11.2. The van der Waals surface area contributed by atoms with Crippen molar-refractivity contribution in [2.45, 2.75) is 20.4 Å². The second-order valence-electron chi connectivity index (χ2n) is 7.75. The Hall–Kier alpha value is -4.09. The van der Waals surface area contributed by atoms with Crippen LogP contribution in [0.15, 0.2) is 66.2 Å². The number of aliphatic imine (C=N–C) groups is 1. The van der Waals surface area contributed by atoms with Crippen molar-refractivity contribution in [1.82, 2.24) is 24.7 Å². The van der Waals surface area contributed by atoms with E-state index in [0.717, 1.165) is 22.6 Å². The number of aryl methyl sites for hydroxylation is 2. The highest BCUT2D eigenvalue weighted by molar-refractivity contribution is 7.80. The number of halogens is 1. The van der Waals surface area contributed by atoms with Crippen LogP contribution in [0.4, 0.5) is 17.3 Å². The molecule has 184 valence electrons. The van der Waals surface area contributed by atoms with Gasteiger partial charge in [-0.25, -0.2) is 19.6 Å². The number of anilines is 3. The molecule has 0 aliphatic rings. The molecule has 0 saturated heterocycles. The summed E-state index contributed by atoms with van der Waals surface area (Å²) in [6, 6.07) is 14.9. The highest BCUT2D eigenvalue weighted by Crippen LogP contribution is 2.27. The summed E-state index contributed by atoms with van der Waals surface area (Å²) in [5.74, 6) is 1.31. The third-order valence-electron chi connectivity index (χ3n) is 4.86. The topological polar surface area (TPSA) is 114 Å². The maximum Gasteiger partial charge on any atom is 0.229 e. The number of methoxy groups -OCH3 is 1. The largest absolute Gasteiger partial charge is 0.495 e. The van der Waals surface area contributed by atoms with Gasteiger partial charge in [0.1, 0.15) is 18.4 Å². The molecule has 2 aromatic heterocycles. The molecule has 4 aromatic rings. The number of hydrogen-bond donors (Lipinski definition) is 3. The molecule has 3 N–H and O–H groups in total. The van der Waals surface area contributed by atoms with Crippen molar-refractivity contribution in [2.75, 3.05) is 23.1 Å². The Morgan fingerprint density at radius 3 is 2.44 bits per heavy atom. The third-order valence-corrected chi connectivity index (χ3v) is 5.29. The molecule has 2 aromatic carbocycles. The first-order valence-electron chi connectivity index (χ1n) is 10.9. The van der Waals surface area contributed by atoms with E-state index in [1.165, 1.54) is 6.33 Å². The molecule has 10 nitrogen and oxygen atoms in total. The highest BCUT2D eigenvalue weighted by atomic mass is 35.5. The number of nitrogens with zero attached hydrogens (tertiary/aromatic N) is 6. The molecular weight excluding hydrogens is 498 g/mol. The van der Waals surface area contributed by atoms with Crippen LogP contribution in [-0.4, -0.2) is 42.9 Å². The lowest BCUT2D eigenvalue weighted by atomic mass is 10.2. The number of guanidine groups is 1. The van der Waals surface area contributed by atoms with E-state index in [1.54, 1.807) is 36.3 Å². The van der Waals surface area contributed by atoms with Gasteiger partial charge in [-0.3, -0.25) is 5.32 Å². The Labute approximate surface area is 218 Å². The molecule has 2 heterocycles. The van der Waals surface area contributed by atoms with Gasteiger partial charge in [0.15, 0.2) is 0 Å². The summed E-state index contributed by atoms with van der Waals surface area (Å²) in [5, 5.41) is 14.3. The van der Waals surface area contributed by atoms with Crippen LogP contribution in [0.3, 0.4) is 0 Å². The fourth-order valence-electron chi connectivity index (χ4n) is 3.33. The van der Waals surface area contributed by atoms with Crippen LogP contribution in [0, 0.1) is 13.8 Å². The first-order chi connectivity index (χ1) is 17.4. The predicted molar refractivity (Wildman–Crippen MR) is 146 cm³/mol. The van der Waals surface area contributed by atoms with E-state index in [1.807, 2.05) is 44.2 Å². The van der Waals surface area contributed by atoms with Crippen LogP contribution in [0.1, 0.15) is 17.0 Å². The minimum atomic E-state index is 0.178. The predicted octanol–water partition coefficient (Wildman–Crippen LogP) is 4.67. The minimum Gasteiger partial charge on any atom is -0.495 e. The molecule has 0 amide bonds. The van der Waals surface area contributed by atoms with Gasteiger partial charge in [0.25, 0.3) is 0 Å². The first kappa shape index (κ1) is 25.0. The van der Waals surface area contributed by atoms with Gasteiger partial charge >= 0.3 is 0 Å². The van der Waals surface area contributed by atoms with Gasteiger partial charge in [-0.2, -0.15) is 10.1 Å². The molecular formula is C24H24ClN9OS. The molecule has 0 bridgehead atoms. The molecule has 36 heavy (non-hydrogen) atoms.